The Balaban J connectivity index is 1.63. The minimum Gasteiger partial charge on any atom is -0.496 e. The number of amides is 1. The first-order valence-electron chi connectivity index (χ1n) is 10.1. The molecular weight excluding hydrogens is 384 g/mol. The van der Waals surface area contributed by atoms with Crippen molar-refractivity contribution in [2.24, 2.45) is 11.8 Å². The Morgan fingerprint density at radius 1 is 1.10 bits per heavy atom. The Hall–Kier alpha value is -3.14. The van der Waals surface area contributed by atoms with Gasteiger partial charge < -0.3 is 23.9 Å². The van der Waals surface area contributed by atoms with Crippen LogP contribution < -0.4 is 19.5 Å². The number of nitrogens with zero attached hydrogens (tertiary/aromatic N) is 1. The second-order valence-electron chi connectivity index (χ2n) is 7.51. The van der Waals surface area contributed by atoms with E-state index in [0.29, 0.717) is 41.9 Å². The molecule has 7 nitrogen and oxygen atoms in total. The van der Waals surface area contributed by atoms with Gasteiger partial charge in [-0.2, -0.15) is 5.26 Å². The number of carbonyl (C=O) groups excluding carboxylic acids is 1. The van der Waals surface area contributed by atoms with Crippen molar-refractivity contribution in [3.63, 3.8) is 0 Å². The molecule has 1 saturated carbocycles. The zero-order chi connectivity index (χ0) is 21.5. The van der Waals surface area contributed by atoms with Crippen LogP contribution in [0.25, 0.3) is 0 Å². The number of nitrogens with one attached hydrogen (secondary N) is 1. The molecule has 1 heterocycles. The number of nitriles is 1. The summed E-state index contributed by atoms with van der Waals surface area (Å²) in [6.45, 7) is 0.604. The first-order chi connectivity index (χ1) is 14.6. The maximum atomic E-state index is 12.5. The molecule has 0 atom stereocenters. The number of rotatable bonds is 8. The summed E-state index contributed by atoms with van der Waals surface area (Å²) in [7, 11) is 4.76. The van der Waals surface area contributed by atoms with Gasteiger partial charge in [0.1, 0.15) is 23.0 Å². The summed E-state index contributed by atoms with van der Waals surface area (Å²) in [5.74, 6) is 3.16. The van der Waals surface area contributed by atoms with Crippen LogP contribution in [-0.4, -0.2) is 33.8 Å². The van der Waals surface area contributed by atoms with Crippen LogP contribution in [0.15, 0.2) is 28.7 Å². The van der Waals surface area contributed by atoms with Gasteiger partial charge in [-0.3, -0.25) is 4.79 Å². The minimum atomic E-state index is -0.225. The normalized spacial score (nSPS) is 18.3. The molecule has 160 valence electrons. The summed E-state index contributed by atoms with van der Waals surface area (Å²) in [6.07, 6.45) is 4.18. The average Bonchev–Trinajstić information content (AvgIpc) is 3.26. The van der Waals surface area contributed by atoms with Gasteiger partial charge >= 0.3 is 0 Å². The van der Waals surface area contributed by atoms with E-state index in [1.54, 1.807) is 45.6 Å². The van der Waals surface area contributed by atoms with Crippen LogP contribution in [0.3, 0.4) is 0 Å². The van der Waals surface area contributed by atoms with Crippen LogP contribution in [-0.2, 0) is 6.42 Å². The van der Waals surface area contributed by atoms with Crippen LogP contribution in [0.2, 0.25) is 0 Å². The molecule has 1 aromatic heterocycles. The number of benzene rings is 1. The predicted octanol–water partition coefficient (Wildman–Crippen LogP) is 3.96. The van der Waals surface area contributed by atoms with Crippen molar-refractivity contribution in [3.8, 4) is 23.3 Å². The third kappa shape index (κ3) is 5.07. The molecule has 0 bridgehead atoms. The van der Waals surface area contributed by atoms with Gasteiger partial charge in [0.05, 0.1) is 27.4 Å². The van der Waals surface area contributed by atoms with Crippen LogP contribution in [0.5, 0.6) is 17.2 Å². The van der Waals surface area contributed by atoms with E-state index in [-0.39, 0.29) is 17.6 Å². The molecule has 30 heavy (non-hydrogen) atoms. The Kier molecular flexibility index (Phi) is 7.23. The van der Waals surface area contributed by atoms with E-state index in [2.05, 4.69) is 11.4 Å². The fourth-order valence-corrected chi connectivity index (χ4v) is 3.84. The maximum Gasteiger partial charge on any atom is 0.287 e. The molecule has 1 aliphatic rings. The molecule has 1 aromatic carbocycles. The zero-order valence-corrected chi connectivity index (χ0v) is 17.7. The highest BCUT2D eigenvalue weighted by atomic mass is 16.5. The van der Waals surface area contributed by atoms with E-state index in [9.17, 15) is 4.79 Å². The standard InChI is InChI=1S/C23H28N2O5/c1-27-18-11-21(28-2)19(22(12-18)29-3)10-17-8-9-20(30-17)23(26)25-14-16-6-4-15(13-24)5-7-16/h8-9,11-12,15-16H,4-7,10,14H2,1-3H3,(H,25,26). The highest BCUT2D eigenvalue weighted by Gasteiger charge is 2.22. The summed E-state index contributed by atoms with van der Waals surface area (Å²) in [5.41, 5.74) is 0.816. The van der Waals surface area contributed by atoms with E-state index in [1.165, 1.54) is 0 Å². The van der Waals surface area contributed by atoms with Crippen molar-refractivity contribution >= 4 is 5.91 Å². The van der Waals surface area contributed by atoms with Gasteiger partial charge in [0.25, 0.3) is 5.91 Å². The third-order valence-corrected chi connectivity index (χ3v) is 5.63. The fraction of sp³-hybridized carbons (Fsp3) is 0.478. The molecular formula is C23H28N2O5. The fourth-order valence-electron chi connectivity index (χ4n) is 3.84. The molecule has 0 unspecified atom stereocenters. The SMILES string of the molecule is COc1cc(OC)c(Cc2ccc(C(=O)NCC3CCC(C#N)CC3)o2)c(OC)c1. The van der Waals surface area contributed by atoms with Crippen molar-refractivity contribution in [2.45, 2.75) is 32.1 Å². The van der Waals surface area contributed by atoms with Gasteiger partial charge in [0.15, 0.2) is 5.76 Å². The lowest BCUT2D eigenvalue weighted by atomic mass is 9.83. The Bertz CT molecular complexity index is 882. The largest absolute Gasteiger partial charge is 0.496 e. The second-order valence-corrected chi connectivity index (χ2v) is 7.51. The van der Waals surface area contributed by atoms with Gasteiger partial charge in [0, 0.05) is 36.6 Å². The van der Waals surface area contributed by atoms with Crippen molar-refractivity contribution in [2.75, 3.05) is 27.9 Å². The molecule has 1 N–H and O–H groups in total. The number of hydrogen-bond donors (Lipinski definition) is 1. The monoisotopic (exact) mass is 412 g/mol. The summed E-state index contributed by atoms with van der Waals surface area (Å²) < 4.78 is 22.0. The van der Waals surface area contributed by atoms with E-state index < -0.39 is 0 Å². The topological polar surface area (TPSA) is 93.7 Å². The summed E-state index contributed by atoms with van der Waals surface area (Å²) in [5, 5.41) is 11.9. The van der Waals surface area contributed by atoms with Crippen LogP contribution in [0, 0.1) is 23.2 Å². The van der Waals surface area contributed by atoms with Crippen LogP contribution >= 0.6 is 0 Å². The van der Waals surface area contributed by atoms with Crippen molar-refractivity contribution in [3.05, 3.63) is 41.3 Å². The molecule has 1 amide bonds. The highest BCUT2D eigenvalue weighted by Crippen LogP contribution is 2.36. The highest BCUT2D eigenvalue weighted by molar-refractivity contribution is 5.91. The molecule has 0 aliphatic heterocycles. The van der Waals surface area contributed by atoms with E-state index in [0.717, 1.165) is 31.2 Å². The average molecular weight is 412 g/mol. The molecule has 0 saturated heterocycles. The van der Waals surface area contributed by atoms with Gasteiger partial charge in [0.2, 0.25) is 0 Å². The second kappa shape index (κ2) is 10.1. The number of carbonyl (C=O) groups is 1. The quantitative estimate of drug-likeness (QED) is 0.705. The van der Waals surface area contributed by atoms with Gasteiger partial charge in [-0.25, -0.2) is 0 Å². The number of furan rings is 1. The van der Waals surface area contributed by atoms with Crippen LogP contribution in [0.4, 0.5) is 0 Å². The van der Waals surface area contributed by atoms with E-state index in [4.69, 9.17) is 23.9 Å². The first-order valence-corrected chi connectivity index (χ1v) is 10.1. The molecule has 1 fully saturated rings. The number of methoxy groups -OCH3 is 3. The summed E-state index contributed by atoms with van der Waals surface area (Å²) in [6, 6.07) is 9.38. The lowest BCUT2D eigenvalue weighted by Gasteiger charge is -2.24. The Morgan fingerprint density at radius 2 is 1.77 bits per heavy atom. The smallest absolute Gasteiger partial charge is 0.287 e. The van der Waals surface area contributed by atoms with Crippen LogP contribution in [0.1, 0.15) is 47.6 Å². The van der Waals surface area contributed by atoms with E-state index in [1.807, 2.05) is 0 Å². The van der Waals surface area contributed by atoms with Gasteiger partial charge in [-0.05, 0) is 43.7 Å². The van der Waals surface area contributed by atoms with Crippen molar-refractivity contribution < 1.29 is 23.4 Å². The zero-order valence-electron chi connectivity index (χ0n) is 17.7. The summed E-state index contributed by atoms with van der Waals surface area (Å²) >= 11 is 0. The van der Waals surface area contributed by atoms with Gasteiger partial charge in [-0.1, -0.05) is 0 Å². The maximum absolute atomic E-state index is 12.5. The molecule has 0 spiro atoms. The molecule has 7 heteroatoms. The minimum absolute atomic E-state index is 0.163. The van der Waals surface area contributed by atoms with E-state index >= 15 is 0 Å². The molecule has 2 aromatic rings. The molecule has 1 aliphatic carbocycles. The summed E-state index contributed by atoms with van der Waals surface area (Å²) in [4.78, 5) is 12.5. The predicted molar refractivity (Wildman–Crippen MR) is 111 cm³/mol. The number of hydrogen-bond acceptors (Lipinski definition) is 6. The Morgan fingerprint density at radius 3 is 2.33 bits per heavy atom. The van der Waals surface area contributed by atoms with Crippen molar-refractivity contribution in [1.29, 1.82) is 5.26 Å². The number of ether oxygens (including phenoxy) is 3. The first kappa shape index (κ1) is 21.6. The van der Waals surface area contributed by atoms with Gasteiger partial charge in [-0.15, -0.1) is 0 Å². The van der Waals surface area contributed by atoms with Crippen molar-refractivity contribution in [1.82, 2.24) is 5.32 Å². The lowest BCUT2D eigenvalue weighted by molar-refractivity contribution is 0.0913. The third-order valence-electron chi connectivity index (χ3n) is 5.63. The molecule has 0 radical (unpaired) electrons. The molecule has 3 rings (SSSR count). The Labute approximate surface area is 176 Å². The lowest BCUT2D eigenvalue weighted by Crippen LogP contribution is -2.31.